The first-order valence-electron chi connectivity index (χ1n) is 16.7. The zero-order valence-corrected chi connectivity index (χ0v) is 26.6. The van der Waals surface area contributed by atoms with Crippen molar-refractivity contribution in [1.29, 1.82) is 0 Å². The summed E-state index contributed by atoms with van der Waals surface area (Å²) in [7, 11) is 0. The fourth-order valence-electron chi connectivity index (χ4n) is 7.56. The minimum absolute atomic E-state index is 0.724. The van der Waals surface area contributed by atoms with Gasteiger partial charge in [-0.2, -0.15) is 0 Å². The molecule has 0 saturated carbocycles. The third-order valence-corrected chi connectivity index (χ3v) is 9.76. The van der Waals surface area contributed by atoms with E-state index in [1.54, 1.807) is 0 Å². The average Bonchev–Trinajstić information content (AvgIpc) is 3.53. The highest BCUT2D eigenvalue weighted by Gasteiger charge is 2.21. The topological polar surface area (TPSA) is 30.7 Å². The maximum atomic E-state index is 5.20. The van der Waals surface area contributed by atoms with Gasteiger partial charge in [0, 0.05) is 33.0 Å². The van der Waals surface area contributed by atoms with Gasteiger partial charge in [-0.1, -0.05) is 146 Å². The van der Waals surface area contributed by atoms with E-state index in [4.69, 9.17) is 9.97 Å². The molecule has 0 aliphatic rings. The molecule has 0 amide bonds. The van der Waals surface area contributed by atoms with E-state index >= 15 is 0 Å². The molecule has 0 fully saturated rings. The lowest BCUT2D eigenvalue weighted by molar-refractivity contribution is 1.18. The van der Waals surface area contributed by atoms with Crippen LogP contribution < -0.4 is 0 Å². The summed E-state index contributed by atoms with van der Waals surface area (Å²) < 4.78 is 2.44. The highest BCUT2D eigenvalue weighted by Crippen LogP contribution is 2.44. The first-order chi connectivity index (χ1) is 24.3. The van der Waals surface area contributed by atoms with Gasteiger partial charge in [0.2, 0.25) is 0 Å². The van der Waals surface area contributed by atoms with Crippen molar-refractivity contribution in [3.8, 4) is 39.5 Å². The lowest BCUT2D eigenvalue weighted by Gasteiger charge is -2.14. The molecule has 2 heterocycles. The molecule has 0 N–H and O–H groups in total. The third kappa shape index (κ3) is 4.37. The molecule has 8 aromatic carbocycles. The molecule has 0 spiro atoms. The molecule has 49 heavy (non-hydrogen) atoms. The van der Waals surface area contributed by atoms with Crippen LogP contribution in [0.5, 0.6) is 0 Å². The summed E-state index contributed by atoms with van der Waals surface area (Å²) in [5.41, 5.74) is 9.75. The maximum absolute atomic E-state index is 5.20. The molecule has 2 aromatic heterocycles. The summed E-state index contributed by atoms with van der Waals surface area (Å²) in [5.74, 6) is 0.724. The minimum atomic E-state index is 0.724. The van der Waals surface area contributed by atoms with E-state index in [9.17, 15) is 0 Å². The number of hydrogen-bond donors (Lipinski definition) is 0. The van der Waals surface area contributed by atoms with Crippen molar-refractivity contribution in [3.05, 3.63) is 176 Å². The Morgan fingerprint density at radius 1 is 0.388 bits per heavy atom. The van der Waals surface area contributed by atoms with Gasteiger partial charge < -0.3 is 4.57 Å². The van der Waals surface area contributed by atoms with Gasteiger partial charge in [0.1, 0.15) is 0 Å². The zero-order chi connectivity index (χ0) is 32.3. The van der Waals surface area contributed by atoms with E-state index < -0.39 is 0 Å². The van der Waals surface area contributed by atoms with Crippen LogP contribution in [-0.4, -0.2) is 14.5 Å². The minimum Gasteiger partial charge on any atom is -0.309 e. The van der Waals surface area contributed by atoms with Crippen LogP contribution in [0.4, 0.5) is 0 Å². The molecule has 228 valence electrons. The standard InChI is InChI=1S/C46H29N3/c1-4-14-30(15-5-1)38-29-42-44(37-23-13-12-22-36(37)38)43-35-21-11-10-16-31(35)24-27-41(43)49(42)34-25-26-40-39(28-34)45(32-17-6-2-7-18-32)48-46(47-40)33-19-8-3-9-20-33/h1-29H. The predicted octanol–water partition coefficient (Wildman–Crippen LogP) is 12.0. The number of rotatable bonds is 4. The summed E-state index contributed by atoms with van der Waals surface area (Å²) in [4.78, 5) is 10.3. The Morgan fingerprint density at radius 3 is 1.76 bits per heavy atom. The van der Waals surface area contributed by atoms with Gasteiger partial charge in [0.25, 0.3) is 0 Å². The highest BCUT2D eigenvalue weighted by atomic mass is 15.0. The molecule has 0 unspecified atom stereocenters. The predicted molar refractivity (Wildman–Crippen MR) is 205 cm³/mol. The molecule has 3 heteroatoms. The van der Waals surface area contributed by atoms with Crippen LogP contribution in [0.3, 0.4) is 0 Å². The van der Waals surface area contributed by atoms with Crippen molar-refractivity contribution in [1.82, 2.24) is 14.5 Å². The molecule has 0 saturated heterocycles. The highest BCUT2D eigenvalue weighted by molar-refractivity contribution is 6.30. The fourth-order valence-corrected chi connectivity index (χ4v) is 7.56. The maximum Gasteiger partial charge on any atom is 0.160 e. The smallest absolute Gasteiger partial charge is 0.160 e. The van der Waals surface area contributed by atoms with Crippen LogP contribution in [0.2, 0.25) is 0 Å². The first kappa shape index (κ1) is 27.5. The zero-order valence-electron chi connectivity index (χ0n) is 26.6. The number of fused-ring (bicyclic) bond motifs is 8. The Morgan fingerprint density at radius 2 is 1.00 bits per heavy atom. The molecule has 0 aliphatic carbocycles. The molecule has 3 nitrogen and oxygen atoms in total. The fraction of sp³-hybridized carbons (Fsp3) is 0. The molecule has 0 atom stereocenters. The monoisotopic (exact) mass is 623 g/mol. The van der Waals surface area contributed by atoms with Gasteiger partial charge in [-0.3, -0.25) is 0 Å². The van der Waals surface area contributed by atoms with Crippen LogP contribution in [-0.2, 0) is 0 Å². The summed E-state index contributed by atoms with van der Waals surface area (Å²) in [6, 6.07) is 62.6. The van der Waals surface area contributed by atoms with Gasteiger partial charge in [-0.15, -0.1) is 0 Å². The van der Waals surface area contributed by atoms with Crippen LogP contribution in [0.15, 0.2) is 176 Å². The largest absolute Gasteiger partial charge is 0.309 e. The van der Waals surface area contributed by atoms with Gasteiger partial charge in [0.05, 0.1) is 22.2 Å². The van der Waals surface area contributed by atoms with E-state index in [0.717, 1.165) is 39.2 Å². The SMILES string of the molecule is c1ccc(-c2nc(-c3ccccc3)c3cc(-n4c5ccc6ccccc6c5c5c6ccccc6c(-c6ccccc6)cc54)ccc3n2)cc1. The average molecular weight is 624 g/mol. The first-order valence-corrected chi connectivity index (χ1v) is 16.7. The van der Waals surface area contributed by atoms with E-state index in [1.807, 2.05) is 24.3 Å². The second-order valence-corrected chi connectivity index (χ2v) is 12.6. The van der Waals surface area contributed by atoms with Gasteiger partial charge >= 0.3 is 0 Å². The molecule has 0 aliphatic heterocycles. The summed E-state index contributed by atoms with van der Waals surface area (Å²) in [6.45, 7) is 0. The number of hydrogen-bond acceptors (Lipinski definition) is 2. The van der Waals surface area contributed by atoms with Crippen LogP contribution in [0.25, 0.3) is 93.7 Å². The van der Waals surface area contributed by atoms with Crippen molar-refractivity contribution in [2.45, 2.75) is 0 Å². The van der Waals surface area contributed by atoms with Crippen molar-refractivity contribution in [3.63, 3.8) is 0 Å². The van der Waals surface area contributed by atoms with E-state index in [1.165, 1.54) is 54.5 Å². The summed E-state index contributed by atoms with van der Waals surface area (Å²) in [6.07, 6.45) is 0. The van der Waals surface area contributed by atoms with Crippen molar-refractivity contribution in [2.24, 2.45) is 0 Å². The second kappa shape index (κ2) is 11.0. The Balaban J connectivity index is 1.34. The quantitative estimate of drug-likeness (QED) is 0.195. The number of benzene rings is 8. The molecular formula is C46H29N3. The molecule has 0 bridgehead atoms. The van der Waals surface area contributed by atoms with E-state index in [2.05, 4.69) is 156 Å². The van der Waals surface area contributed by atoms with E-state index in [-0.39, 0.29) is 0 Å². The normalized spacial score (nSPS) is 11.7. The summed E-state index contributed by atoms with van der Waals surface area (Å²) >= 11 is 0. The Hall–Kier alpha value is -6.58. The number of aromatic nitrogens is 3. The Kier molecular flexibility index (Phi) is 6.18. The lowest BCUT2D eigenvalue weighted by Crippen LogP contribution is -1.98. The summed E-state index contributed by atoms with van der Waals surface area (Å²) in [5, 5.41) is 8.53. The molecule has 0 radical (unpaired) electrons. The van der Waals surface area contributed by atoms with Crippen LogP contribution in [0, 0.1) is 0 Å². The van der Waals surface area contributed by atoms with Gasteiger partial charge in [-0.05, 0) is 63.0 Å². The Labute approximate surface area is 283 Å². The molecule has 10 aromatic rings. The van der Waals surface area contributed by atoms with Crippen molar-refractivity contribution >= 4 is 54.3 Å². The lowest BCUT2D eigenvalue weighted by atomic mass is 9.94. The van der Waals surface area contributed by atoms with Gasteiger partial charge in [0.15, 0.2) is 5.82 Å². The second-order valence-electron chi connectivity index (χ2n) is 12.6. The van der Waals surface area contributed by atoms with Crippen LogP contribution >= 0.6 is 0 Å². The van der Waals surface area contributed by atoms with E-state index in [0.29, 0.717) is 0 Å². The van der Waals surface area contributed by atoms with Crippen molar-refractivity contribution in [2.75, 3.05) is 0 Å². The molecule has 10 rings (SSSR count). The Bertz CT molecular complexity index is 2850. The van der Waals surface area contributed by atoms with Crippen LogP contribution in [0.1, 0.15) is 0 Å². The van der Waals surface area contributed by atoms with Gasteiger partial charge in [-0.25, -0.2) is 9.97 Å². The number of nitrogens with zero attached hydrogens (tertiary/aromatic N) is 3. The molecular weight excluding hydrogens is 595 g/mol. The van der Waals surface area contributed by atoms with Crippen molar-refractivity contribution < 1.29 is 0 Å². The third-order valence-electron chi connectivity index (χ3n) is 9.76.